The third-order valence-corrected chi connectivity index (χ3v) is 3.77. The van der Waals surface area contributed by atoms with Crippen LogP contribution in [0, 0.1) is 17.1 Å². The van der Waals surface area contributed by atoms with Crippen molar-refractivity contribution in [3.63, 3.8) is 0 Å². The molecule has 2 aromatic rings. The minimum Gasteiger partial charge on any atom is -0.493 e. The molecule has 3 N–H and O–H groups in total. The molecule has 0 spiro atoms. The Morgan fingerprint density at radius 3 is 2.56 bits per heavy atom. The summed E-state index contributed by atoms with van der Waals surface area (Å²) in [5, 5.41) is 11.7. The van der Waals surface area contributed by atoms with Crippen molar-refractivity contribution in [2.75, 3.05) is 20.8 Å². The Labute approximate surface area is 175 Å². The molecule has 0 saturated heterocycles. The summed E-state index contributed by atoms with van der Waals surface area (Å²) in [5.41, 5.74) is 7.53. The van der Waals surface area contributed by atoms with Gasteiger partial charge >= 0.3 is 0 Å². The molecule has 0 fully saturated rings. The number of nitrogens with zero attached hydrogens (tertiary/aromatic N) is 2. The highest BCUT2D eigenvalue weighted by Gasteiger charge is 2.05. The molecule has 0 heterocycles. The molecule has 0 aromatic heterocycles. The molecule has 0 unspecified atom stereocenters. The lowest BCUT2D eigenvalue weighted by Crippen LogP contribution is -2.33. The van der Waals surface area contributed by atoms with E-state index in [1.54, 1.807) is 20.3 Å². The fourth-order valence-corrected chi connectivity index (χ4v) is 2.34. The average Bonchev–Trinajstić information content (AvgIpc) is 2.66. The number of methoxy groups -OCH3 is 2. The quantitative estimate of drug-likeness (QED) is 0.358. The molecule has 0 saturated carbocycles. The summed E-state index contributed by atoms with van der Waals surface area (Å²) < 4.78 is 24.3. The highest BCUT2D eigenvalue weighted by molar-refractivity contribution is 14.0. The summed E-state index contributed by atoms with van der Waals surface area (Å²) in [4.78, 5) is 4.12. The van der Waals surface area contributed by atoms with Gasteiger partial charge in [0.25, 0.3) is 0 Å². The molecule has 6 nitrogen and oxygen atoms in total. The maximum atomic E-state index is 13.8. The topological polar surface area (TPSA) is 92.7 Å². The van der Waals surface area contributed by atoms with Gasteiger partial charge in [-0.25, -0.2) is 9.38 Å². The van der Waals surface area contributed by atoms with Gasteiger partial charge in [-0.3, -0.25) is 0 Å². The number of ether oxygens (including phenoxy) is 2. The van der Waals surface area contributed by atoms with Gasteiger partial charge in [0, 0.05) is 12.1 Å². The van der Waals surface area contributed by atoms with Crippen LogP contribution in [0.5, 0.6) is 11.5 Å². The monoisotopic (exact) mass is 484 g/mol. The van der Waals surface area contributed by atoms with Crippen molar-refractivity contribution < 1.29 is 13.9 Å². The minimum atomic E-state index is -0.467. The number of aliphatic imine (C=N–C) groups is 1. The zero-order chi connectivity index (χ0) is 18.9. The lowest BCUT2D eigenvalue weighted by molar-refractivity contribution is 0.354. The first-order valence-electron chi connectivity index (χ1n) is 8.00. The lowest BCUT2D eigenvalue weighted by atomic mass is 10.1. The number of guanidine groups is 1. The Bertz CT molecular complexity index is 837. The van der Waals surface area contributed by atoms with Crippen LogP contribution in [-0.4, -0.2) is 26.7 Å². The third-order valence-electron chi connectivity index (χ3n) is 3.77. The summed E-state index contributed by atoms with van der Waals surface area (Å²) in [6, 6.07) is 11.9. The largest absolute Gasteiger partial charge is 0.493 e. The maximum absolute atomic E-state index is 13.8. The molecular formula is C19H22FIN4O2. The smallest absolute Gasteiger partial charge is 0.188 e. The van der Waals surface area contributed by atoms with E-state index in [4.69, 9.17) is 20.5 Å². The van der Waals surface area contributed by atoms with Gasteiger partial charge < -0.3 is 20.5 Å². The number of rotatable bonds is 7. The summed E-state index contributed by atoms with van der Waals surface area (Å²) in [6.45, 7) is 0.674. The molecule has 0 aliphatic carbocycles. The van der Waals surface area contributed by atoms with Gasteiger partial charge in [0.2, 0.25) is 0 Å². The Kier molecular flexibility index (Phi) is 9.36. The Morgan fingerprint density at radius 1 is 1.19 bits per heavy atom. The van der Waals surface area contributed by atoms with Crippen molar-refractivity contribution in [1.29, 1.82) is 5.26 Å². The molecule has 0 bridgehead atoms. The SMILES string of the molecule is COc1ccc(CCNC(N)=NCc2ccc(C#N)cc2F)cc1OC.I. The lowest BCUT2D eigenvalue weighted by Gasteiger charge is -2.10. The van der Waals surface area contributed by atoms with Crippen molar-refractivity contribution in [3.8, 4) is 17.6 Å². The Hall–Kier alpha value is -2.54. The molecule has 27 heavy (non-hydrogen) atoms. The first-order chi connectivity index (χ1) is 12.6. The Balaban J connectivity index is 0.00000364. The fourth-order valence-electron chi connectivity index (χ4n) is 2.34. The predicted molar refractivity (Wildman–Crippen MR) is 113 cm³/mol. The standard InChI is InChI=1S/C19H21FN4O2.HI/c1-25-17-6-4-13(10-18(17)26-2)7-8-23-19(22)24-12-15-5-3-14(11-21)9-16(15)20;/h3-6,9-10H,7-8,12H2,1-2H3,(H3,22,23,24);1H. The minimum absolute atomic E-state index is 0. The van der Waals surface area contributed by atoms with E-state index < -0.39 is 5.82 Å². The first kappa shape index (κ1) is 22.5. The van der Waals surface area contributed by atoms with Gasteiger partial charge in [-0.15, -0.1) is 24.0 Å². The van der Waals surface area contributed by atoms with E-state index in [0.29, 0.717) is 30.0 Å². The number of hydrogen-bond acceptors (Lipinski definition) is 4. The first-order valence-corrected chi connectivity index (χ1v) is 8.00. The van der Waals surface area contributed by atoms with Crippen LogP contribution in [0.4, 0.5) is 4.39 Å². The second kappa shape index (κ2) is 11.2. The molecule has 0 aliphatic heterocycles. The summed E-state index contributed by atoms with van der Waals surface area (Å²) in [5.74, 6) is 1.11. The van der Waals surface area contributed by atoms with Crippen LogP contribution >= 0.6 is 24.0 Å². The van der Waals surface area contributed by atoms with Crippen LogP contribution < -0.4 is 20.5 Å². The predicted octanol–water partition coefficient (Wildman–Crippen LogP) is 2.98. The van der Waals surface area contributed by atoms with Crippen molar-refractivity contribution in [3.05, 3.63) is 58.9 Å². The van der Waals surface area contributed by atoms with Crippen LogP contribution in [0.25, 0.3) is 0 Å². The summed E-state index contributed by atoms with van der Waals surface area (Å²) in [6.07, 6.45) is 0.710. The van der Waals surface area contributed by atoms with Gasteiger partial charge in [-0.2, -0.15) is 5.26 Å². The van der Waals surface area contributed by atoms with E-state index in [1.807, 2.05) is 24.3 Å². The van der Waals surface area contributed by atoms with Crippen LogP contribution in [-0.2, 0) is 13.0 Å². The zero-order valence-electron chi connectivity index (χ0n) is 15.2. The van der Waals surface area contributed by atoms with E-state index in [0.717, 1.165) is 5.56 Å². The number of nitrogens with one attached hydrogen (secondary N) is 1. The zero-order valence-corrected chi connectivity index (χ0v) is 17.5. The van der Waals surface area contributed by atoms with E-state index >= 15 is 0 Å². The van der Waals surface area contributed by atoms with Gasteiger partial charge in [0.05, 0.1) is 32.4 Å². The number of halogens is 2. The van der Waals surface area contributed by atoms with Crippen molar-refractivity contribution >= 4 is 29.9 Å². The van der Waals surface area contributed by atoms with Crippen molar-refractivity contribution in [2.24, 2.45) is 10.7 Å². The molecule has 0 aliphatic rings. The number of nitriles is 1. The van der Waals surface area contributed by atoms with Crippen LogP contribution in [0.15, 0.2) is 41.4 Å². The van der Waals surface area contributed by atoms with Gasteiger partial charge in [-0.1, -0.05) is 12.1 Å². The number of hydrogen-bond donors (Lipinski definition) is 2. The molecular weight excluding hydrogens is 462 g/mol. The van der Waals surface area contributed by atoms with Crippen LogP contribution in [0.1, 0.15) is 16.7 Å². The van der Waals surface area contributed by atoms with Crippen LogP contribution in [0.2, 0.25) is 0 Å². The molecule has 144 valence electrons. The molecule has 2 rings (SSSR count). The molecule has 0 atom stereocenters. The second-order valence-corrected chi connectivity index (χ2v) is 5.49. The highest BCUT2D eigenvalue weighted by atomic mass is 127. The van der Waals surface area contributed by atoms with Crippen molar-refractivity contribution in [2.45, 2.75) is 13.0 Å². The molecule has 0 radical (unpaired) electrons. The molecule has 0 amide bonds. The number of benzene rings is 2. The maximum Gasteiger partial charge on any atom is 0.188 e. The van der Waals surface area contributed by atoms with Gasteiger partial charge in [-0.05, 0) is 36.2 Å². The van der Waals surface area contributed by atoms with Crippen molar-refractivity contribution in [1.82, 2.24) is 5.32 Å². The summed E-state index contributed by atoms with van der Waals surface area (Å²) in [7, 11) is 3.18. The van der Waals surface area contributed by atoms with Gasteiger partial charge in [0.1, 0.15) is 5.82 Å². The second-order valence-electron chi connectivity index (χ2n) is 5.49. The van der Waals surface area contributed by atoms with E-state index in [2.05, 4.69) is 10.3 Å². The molecule has 8 heteroatoms. The molecule has 2 aromatic carbocycles. The van der Waals surface area contributed by atoms with E-state index in [-0.39, 0.29) is 42.0 Å². The fraction of sp³-hybridized carbons (Fsp3) is 0.263. The normalized spacial score (nSPS) is 10.5. The number of nitrogens with two attached hydrogens (primary N) is 1. The third kappa shape index (κ3) is 6.60. The van der Waals surface area contributed by atoms with E-state index in [1.165, 1.54) is 12.1 Å². The highest BCUT2D eigenvalue weighted by Crippen LogP contribution is 2.27. The van der Waals surface area contributed by atoms with Gasteiger partial charge in [0.15, 0.2) is 17.5 Å². The Morgan fingerprint density at radius 2 is 1.93 bits per heavy atom. The average molecular weight is 484 g/mol. The summed E-state index contributed by atoms with van der Waals surface area (Å²) >= 11 is 0. The van der Waals surface area contributed by atoms with Crippen LogP contribution in [0.3, 0.4) is 0 Å². The van der Waals surface area contributed by atoms with E-state index in [9.17, 15) is 4.39 Å².